The fraction of sp³-hybridized carbons (Fsp3) is 0.308. The van der Waals surface area contributed by atoms with Crippen molar-refractivity contribution in [1.29, 1.82) is 0 Å². The summed E-state index contributed by atoms with van der Waals surface area (Å²) in [5, 5.41) is 16.1. The maximum Gasteiger partial charge on any atom is 0.453 e. The van der Waals surface area contributed by atoms with Gasteiger partial charge in [-0.25, -0.2) is 19.6 Å². The lowest BCUT2D eigenvalue weighted by Crippen LogP contribution is -2.37. The SMILES string of the molecule is CC1(c2ccc(CCC(=O)O)cc2)C(=O)Nc2nc(-c3nn(CCC(F)(F)C(F)(F)F)c4ncccc34)nc(N)c21. The monoisotopic (exact) mass is 575 g/mol. The zero-order valence-electron chi connectivity index (χ0n) is 21.3. The highest BCUT2D eigenvalue weighted by Crippen LogP contribution is 2.45. The molecule has 1 amide bonds. The van der Waals surface area contributed by atoms with Crippen LogP contribution in [0.5, 0.6) is 0 Å². The summed E-state index contributed by atoms with van der Waals surface area (Å²) in [6.45, 7) is 0.840. The molecule has 1 unspecified atom stereocenters. The molecular weight excluding hydrogens is 553 g/mol. The molecule has 4 heterocycles. The minimum Gasteiger partial charge on any atom is -0.481 e. The number of nitrogens with zero attached hydrogens (tertiary/aromatic N) is 5. The number of amides is 1. The molecule has 0 saturated heterocycles. The number of hydrogen-bond acceptors (Lipinski definition) is 7. The lowest BCUT2D eigenvalue weighted by molar-refractivity contribution is -0.285. The molecule has 0 radical (unpaired) electrons. The van der Waals surface area contributed by atoms with E-state index >= 15 is 0 Å². The number of carbonyl (C=O) groups excluding carboxylic acids is 1. The average molecular weight is 575 g/mol. The summed E-state index contributed by atoms with van der Waals surface area (Å²) in [7, 11) is 0. The third kappa shape index (κ3) is 4.80. The number of rotatable bonds is 8. The minimum absolute atomic E-state index is 0.0311. The van der Waals surface area contributed by atoms with Gasteiger partial charge in [-0.2, -0.15) is 27.1 Å². The second-order valence-corrected chi connectivity index (χ2v) is 9.72. The first-order valence-electron chi connectivity index (χ1n) is 12.3. The summed E-state index contributed by atoms with van der Waals surface area (Å²) in [4.78, 5) is 36.9. The Balaban J connectivity index is 1.52. The van der Waals surface area contributed by atoms with E-state index in [1.807, 2.05) is 0 Å². The number of nitrogens with one attached hydrogen (secondary N) is 1. The highest BCUT2D eigenvalue weighted by molar-refractivity contribution is 6.09. The van der Waals surface area contributed by atoms with Crippen LogP contribution in [0.25, 0.3) is 22.6 Å². The van der Waals surface area contributed by atoms with Crippen LogP contribution in [-0.4, -0.2) is 53.8 Å². The van der Waals surface area contributed by atoms with E-state index in [-0.39, 0.29) is 46.2 Å². The molecule has 1 aromatic carbocycles. The van der Waals surface area contributed by atoms with Crippen LogP contribution in [-0.2, 0) is 28.0 Å². The third-order valence-corrected chi connectivity index (χ3v) is 7.05. The number of anilines is 2. The highest BCUT2D eigenvalue weighted by Gasteiger charge is 2.57. The summed E-state index contributed by atoms with van der Waals surface area (Å²) in [5.74, 6) is -6.39. The van der Waals surface area contributed by atoms with E-state index in [0.717, 1.165) is 10.2 Å². The summed E-state index contributed by atoms with van der Waals surface area (Å²) >= 11 is 0. The Morgan fingerprint density at radius 1 is 1.12 bits per heavy atom. The van der Waals surface area contributed by atoms with Crippen molar-refractivity contribution in [3.8, 4) is 11.5 Å². The molecule has 15 heteroatoms. The lowest BCUT2D eigenvalue weighted by atomic mass is 9.77. The number of aryl methyl sites for hydroxylation is 2. The van der Waals surface area contributed by atoms with Crippen molar-refractivity contribution in [3.05, 3.63) is 59.3 Å². The van der Waals surface area contributed by atoms with Gasteiger partial charge in [0.1, 0.15) is 22.7 Å². The molecule has 1 aliphatic rings. The van der Waals surface area contributed by atoms with E-state index < -0.39 is 42.4 Å². The van der Waals surface area contributed by atoms with Gasteiger partial charge in [0.05, 0.1) is 10.9 Å². The smallest absolute Gasteiger partial charge is 0.453 e. The van der Waals surface area contributed by atoms with Crippen LogP contribution < -0.4 is 11.1 Å². The average Bonchev–Trinajstić information content (AvgIpc) is 3.41. The maximum atomic E-state index is 13.6. The van der Waals surface area contributed by atoms with Crippen LogP contribution >= 0.6 is 0 Å². The number of pyridine rings is 1. The van der Waals surface area contributed by atoms with Crippen LogP contribution in [0.1, 0.15) is 36.5 Å². The highest BCUT2D eigenvalue weighted by atomic mass is 19.4. The largest absolute Gasteiger partial charge is 0.481 e. The van der Waals surface area contributed by atoms with Gasteiger partial charge in [-0.3, -0.25) is 9.59 Å². The normalized spacial score (nSPS) is 17.1. The van der Waals surface area contributed by atoms with E-state index in [9.17, 15) is 31.5 Å². The molecule has 10 nitrogen and oxygen atoms in total. The summed E-state index contributed by atoms with van der Waals surface area (Å²) < 4.78 is 66.2. The first-order chi connectivity index (χ1) is 19.2. The van der Waals surface area contributed by atoms with Crippen LogP contribution in [0.15, 0.2) is 42.6 Å². The van der Waals surface area contributed by atoms with Gasteiger partial charge in [-0.1, -0.05) is 24.3 Å². The molecule has 41 heavy (non-hydrogen) atoms. The van der Waals surface area contributed by atoms with Gasteiger partial charge in [0.15, 0.2) is 11.5 Å². The third-order valence-electron chi connectivity index (χ3n) is 7.05. The number of halogens is 5. The van der Waals surface area contributed by atoms with Gasteiger partial charge < -0.3 is 16.2 Å². The number of nitrogens with two attached hydrogens (primary N) is 1. The van der Waals surface area contributed by atoms with Gasteiger partial charge in [0, 0.05) is 25.6 Å². The molecule has 0 fully saturated rings. The van der Waals surface area contributed by atoms with E-state index in [4.69, 9.17) is 10.8 Å². The first-order valence-corrected chi connectivity index (χ1v) is 12.3. The van der Waals surface area contributed by atoms with Gasteiger partial charge in [0.2, 0.25) is 5.91 Å². The predicted octanol–water partition coefficient (Wildman–Crippen LogP) is 4.33. The molecule has 0 spiro atoms. The van der Waals surface area contributed by atoms with E-state index in [1.165, 1.54) is 18.3 Å². The molecule has 0 bridgehead atoms. The van der Waals surface area contributed by atoms with Crippen molar-refractivity contribution in [2.75, 3.05) is 11.1 Å². The van der Waals surface area contributed by atoms with Gasteiger partial charge in [-0.05, 0) is 36.6 Å². The quantitative estimate of drug-likeness (QED) is 0.263. The van der Waals surface area contributed by atoms with E-state index in [2.05, 4.69) is 25.4 Å². The van der Waals surface area contributed by atoms with Crippen molar-refractivity contribution in [2.24, 2.45) is 0 Å². The zero-order chi connectivity index (χ0) is 29.7. The van der Waals surface area contributed by atoms with E-state index in [0.29, 0.717) is 12.0 Å². The molecule has 4 aromatic rings. The number of carbonyl (C=O) groups is 2. The standard InChI is InChI=1S/C26H22F5N7O3/c1-24(14-7-4-13(5-8-14)6-9-16(39)40)17-19(32)34-21(35-20(17)36-23(24)41)18-15-3-2-11-33-22(15)38(37-18)12-10-25(27,28)26(29,30)31/h2-5,7-8,11H,6,9-10,12H2,1H3,(H,39,40)(H3,32,34,35,36,41). The number of aliphatic carboxylic acids is 1. The maximum absolute atomic E-state index is 13.6. The minimum atomic E-state index is -5.71. The Labute approximate surface area is 228 Å². The molecule has 0 saturated carbocycles. The van der Waals surface area contributed by atoms with Crippen LogP contribution in [0.3, 0.4) is 0 Å². The molecule has 1 aliphatic heterocycles. The molecular formula is C26H22F5N7O3. The van der Waals surface area contributed by atoms with Crippen LogP contribution in [0, 0.1) is 0 Å². The van der Waals surface area contributed by atoms with Crippen LogP contribution in [0.4, 0.5) is 33.6 Å². The second-order valence-electron chi connectivity index (χ2n) is 9.72. The number of carboxylic acid groups (broad SMARTS) is 1. The zero-order valence-corrected chi connectivity index (χ0v) is 21.3. The van der Waals surface area contributed by atoms with Crippen molar-refractivity contribution in [1.82, 2.24) is 24.7 Å². The summed E-state index contributed by atoms with van der Waals surface area (Å²) in [6, 6.07) is 9.87. The Hall–Kier alpha value is -4.69. The van der Waals surface area contributed by atoms with Crippen molar-refractivity contribution in [2.45, 2.75) is 50.2 Å². The molecule has 4 N–H and O–H groups in total. The van der Waals surface area contributed by atoms with Crippen LogP contribution in [0.2, 0.25) is 0 Å². The number of nitrogen functional groups attached to an aromatic ring is 1. The first kappa shape index (κ1) is 27.9. The Kier molecular flexibility index (Phi) is 6.62. The topological polar surface area (TPSA) is 149 Å². The summed E-state index contributed by atoms with van der Waals surface area (Å²) in [6.07, 6.45) is -5.67. The molecule has 3 aromatic heterocycles. The number of fused-ring (bicyclic) bond motifs is 2. The lowest BCUT2D eigenvalue weighted by Gasteiger charge is -2.23. The molecule has 1 atom stereocenters. The molecule has 0 aliphatic carbocycles. The number of carboxylic acids is 1. The van der Waals surface area contributed by atoms with Crippen molar-refractivity contribution in [3.63, 3.8) is 0 Å². The number of hydrogen-bond donors (Lipinski definition) is 3. The van der Waals surface area contributed by atoms with Gasteiger partial charge in [0.25, 0.3) is 0 Å². The Morgan fingerprint density at radius 2 is 1.83 bits per heavy atom. The fourth-order valence-corrected chi connectivity index (χ4v) is 4.76. The molecule has 214 valence electrons. The fourth-order valence-electron chi connectivity index (χ4n) is 4.76. The van der Waals surface area contributed by atoms with Gasteiger partial charge in [-0.15, -0.1) is 0 Å². The predicted molar refractivity (Wildman–Crippen MR) is 136 cm³/mol. The van der Waals surface area contributed by atoms with Gasteiger partial charge >= 0.3 is 18.1 Å². The van der Waals surface area contributed by atoms with Crippen molar-refractivity contribution < 1.29 is 36.6 Å². The number of alkyl halides is 5. The Morgan fingerprint density at radius 3 is 2.49 bits per heavy atom. The Bertz CT molecular complexity index is 1670. The number of aromatic nitrogens is 5. The van der Waals surface area contributed by atoms with Crippen molar-refractivity contribution >= 4 is 34.5 Å². The summed E-state index contributed by atoms with van der Waals surface area (Å²) in [5.41, 5.74) is 6.71. The number of benzene rings is 1. The van der Waals surface area contributed by atoms with E-state index in [1.54, 1.807) is 31.2 Å². The second kappa shape index (κ2) is 9.74. The molecule has 5 rings (SSSR count).